The molecule has 0 unspecified atom stereocenters. The molecular weight excluding hydrogens is 532 g/mol. The summed E-state index contributed by atoms with van der Waals surface area (Å²) in [6.07, 6.45) is 3.33. The van der Waals surface area contributed by atoms with Crippen molar-refractivity contribution >= 4 is 57.9 Å². The van der Waals surface area contributed by atoms with Gasteiger partial charge in [-0.2, -0.15) is 0 Å². The van der Waals surface area contributed by atoms with Gasteiger partial charge in [0.25, 0.3) is 11.4 Å². The summed E-state index contributed by atoms with van der Waals surface area (Å²) in [7, 11) is 0. The lowest BCUT2D eigenvalue weighted by atomic mass is 10.2. The van der Waals surface area contributed by atoms with Crippen molar-refractivity contribution in [3.05, 3.63) is 153 Å². The first-order valence-corrected chi connectivity index (χ1v) is 12.8. The van der Waals surface area contributed by atoms with E-state index in [2.05, 4.69) is 20.6 Å². The fourth-order valence-corrected chi connectivity index (χ4v) is 3.89. The molecule has 0 atom stereocenters. The van der Waals surface area contributed by atoms with Crippen LogP contribution in [0.1, 0.15) is 11.1 Å². The molecular formula is C32H24N6O4. The Hall–Kier alpha value is -6.16. The summed E-state index contributed by atoms with van der Waals surface area (Å²) in [4.78, 5) is 29.6. The van der Waals surface area contributed by atoms with E-state index < -0.39 is 9.85 Å². The quantitative estimate of drug-likeness (QED) is 0.101. The second-order valence-corrected chi connectivity index (χ2v) is 9.13. The van der Waals surface area contributed by atoms with Crippen molar-refractivity contribution in [1.82, 2.24) is 0 Å². The number of nitro groups is 2. The third-order valence-corrected chi connectivity index (χ3v) is 6.13. The molecule has 0 aliphatic heterocycles. The summed E-state index contributed by atoms with van der Waals surface area (Å²) < 4.78 is 0. The van der Waals surface area contributed by atoms with Crippen LogP contribution in [0.4, 0.5) is 45.5 Å². The van der Waals surface area contributed by atoms with Crippen molar-refractivity contribution in [2.24, 2.45) is 9.98 Å². The lowest BCUT2D eigenvalue weighted by molar-refractivity contribution is -0.385. The Morgan fingerprint density at radius 1 is 0.452 bits per heavy atom. The first-order chi connectivity index (χ1) is 20.4. The number of hydrogen-bond acceptors (Lipinski definition) is 8. The fraction of sp³-hybridized carbons (Fsp3) is 0. The van der Waals surface area contributed by atoms with E-state index >= 15 is 0 Å². The largest absolute Gasteiger partial charge is 0.356 e. The SMILES string of the molecule is O=[N+]([O-])c1ccc(C=Nc2ccc(Nc3ccc(Nc4ccc(N=Cc5ccc([N+](=O)[O-])cc5)cc4)cc3)cc2)cc1. The molecule has 0 aliphatic rings. The number of anilines is 4. The Kier molecular flexibility index (Phi) is 8.35. The molecule has 2 N–H and O–H groups in total. The molecule has 0 radical (unpaired) electrons. The molecule has 206 valence electrons. The highest BCUT2D eigenvalue weighted by Crippen LogP contribution is 2.25. The van der Waals surface area contributed by atoms with Gasteiger partial charge in [0.2, 0.25) is 0 Å². The van der Waals surface area contributed by atoms with Crippen LogP contribution in [0.5, 0.6) is 0 Å². The van der Waals surface area contributed by atoms with Gasteiger partial charge in [0.1, 0.15) is 0 Å². The lowest BCUT2D eigenvalue weighted by Crippen LogP contribution is -1.92. The van der Waals surface area contributed by atoms with Crippen molar-refractivity contribution in [3.8, 4) is 0 Å². The van der Waals surface area contributed by atoms with E-state index in [0.29, 0.717) is 0 Å². The first kappa shape index (κ1) is 27.4. The molecule has 0 aromatic heterocycles. The Balaban J connectivity index is 1.12. The molecule has 42 heavy (non-hydrogen) atoms. The summed E-state index contributed by atoms with van der Waals surface area (Å²) in [5.41, 5.74) is 6.86. The Labute approximate surface area is 241 Å². The smallest absolute Gasteiger partial charge is 0.269 e. The maximum absolute atomic E-state index is 10.8. The zero-order valence-electron chi connectivity index (χ0n) is 22.1. The summed E-state index contributed by atoms with van der Waals surface area (Å²) in [5.74, 6) is 0. The van der Waals surface area contributed by atoms with E-state index in [-0.39, 0.29) is 11.4 Å². The molecule has 0 amide bonds. The van der Waals surface area contributed by atoms with Crippen LogP contribution in [-0.2, 0) is 0 Å². The maximum atomic E-state index is 10.8. The van der Waals surface area contributed by atoms with Crippen LogP contribution in [-0.4, -0.2) is 22.3 Å². The van der Waals surface area contributed by atoms with Gasteiger partial charge >= 0.3 is 0 Å². The van der Waals surface area contributed by atoms with Crippen LogP contribution < -0.4 is 10.6 Å². The summed E-state index contributed by atoms with van der Waals surface area (Å²) in [5, 5.41) is 28.3. The Morgan fingerprint density at radius 3 is 1.02 bits per heavy atom. The van der Waals surface area contributed by atoms with Gasteiger partial charge in [-0.15, -0.1) is 0 Å². The van der Waals surface area contributed by atoms with Gasteiger partial charge in [0.05, 0.1) is 21.2 Å². The number of nitrogens with one attached hydrogen (secondary N) is 2. The first-order valence-electron chi connectivity index (χ1n) is 12.8. The monoisotopic (exact) mass is 556 g/mol. The number of hydrogen-bond donors (Lipinski definition) is 2. The van der Waals surface area contributed by atoms with Gasteiger partial charge < -0.3 is 10.6 Å². The van der Waals surface area contributed by atoms with Crippen molar-refractivity contribution in [1.29, 1.82) is 0 Å². The van der Waals surface area contributed by atoms with Gasteiger partial charge in [-0.25, -0.2) is 0 Å². The molecule has 0 heterocycles. The predicted octanol–water partition coefficient (Wildman–Crippen LogP) is 8.49. The highest BCUT2D eigenvalue weighted by atomic mass is 16.6. The number of nitro benzene ring substituents is 2. The Morgan fingerprint density at radius 2 is 0.738 bits per heavy atom. The molecule has 0 spiro atoms. The zero-order valence-corrected chi connectivity index (χ0v) is 22.1. The van der Waals surface area contributed by atoms with Gasteiger partial charge in [-0.1, -0.05) is 0 Å². The molecule has 0 fully saturated rings. The number of non-ortho nitro benzene ring substituents is 2. The summed E-state index contributed by atoms with van der Waals surface area (Å²) in [6.45, 7) is 0. The van der Waals surface area contributed by atoms with Gasteiger partial charge in [-0.3, -0.25) is 30.2 Å². The zero-order chi connectivity index (χ0) is 29.3. The van der Waals surface area contributed by atoms with E-state index in [4.69, 9.17) is 0 Å². The topological polar surface area (TPSA) is 135 Å². The molecule has 0 saturated heterocycles. The van der Waals surface area contributed by atoms with E-state index in [0.717, 1.165) is 45.3 Å². The average Bonchev–Trinajstić information content (AvgIpc) is 3.02. The minimum absolute atomic E-state index is 0.0470. The standard InChI is InChI=1S/C32H24N6O4/c39-37(40)31-17-1-23(2-18-31)21-33-25-5-9-27(10-6-25)35-29-13-15-30(16-14-29)36-28-11-7-26(8-12-28)34-22-24-3-19-32(20-4-24)38(41)42/h1-22,35-36H. The van der Waals surface area contributed by atoms with Crippen LogP contribution >= 0.6 is 0 Å². The average molecular weight is 557 g/mol. The Bertz CT molecular complexity index is 1600. The van der Waals surface area contributed by atoms with Crippen LogP contribution in [0.2, 0.25) is 0 Å². The van der Waals surface area contributed by atoms with Gasteiger partial charge in [0, 0.05) is 59.4 Å². The highest BCUT2D eigenvalue weighted by Gasteiger charge is 2.04. The normalized spacial score (nSPS) is 11.0. The summed E-state index contributed by atoms with van der Waals surface area (Å²) in [6, 6.07) is 35.6. The van der Waals surface area contributed by atoms with Crippen molar-refractivity contribution < 1.29 is 9.85 Å². The molecule has 10 nitrogen and oxygen atoms in total. The number of nitrogens with zero attached hydrogens (tertiary/aromatic N) is 4. The van der Waals surface area contributed by atoms with Crippen molar-refractivity contribution in [3.63, 3.8) is 0 Å². The molecule has 5 aromatic rings. The molecule has 0 saturated carbocycles. The number of benzene rings is 5. The number of rotatable bonds is 10. The van der Waals surface area contributed by atoms with E-state index in [9.17, 15) is 20.2 Å². The van der Waals surface area contributed by atoms with Crippen LogP contribution in [0.25, 0.3) is 0 Å². The van der Waals surface area contributed by atoms with E-state index in [1.54, 1.807) is 36.7 Å². The molecule has 10 heteroatoms. The van der Waals surface area contributed by atoms with Crippen LogP contribution in [0.3, 0.4) is 0 Å². The fourth-order valence-electron chi connectivity index (χ4n) is 3.89. The van der Waals surface area contributed by atoms with Crippen molar-refractivity contribution in [2.75, 3.05) is 10.6 Å². The van der Waals surface area contributed by atoms with Crippen LogP contribution in [0, 0.1) is 20.2 Å². The van der Waals surface area contributed by atoms with E-state index in [1.165, 1.54) is 24.3 Å². The third kappa shape index (κ3) is 7.48. The maximum Gasteiger partial charge on any atom is 0.269 e. The second kappa shape index (κ2) is 12.8. The van der Waals surface area contributed by atoms with Crippen LogP contribution in [0.15, 0.2) is 131 Å². The highest BCUT2D eigenvalue weighted by molar-refractivity contribution is 5.83. The van der Waals surface area contributed by atoms with Crippen molar-refractivity contribution in [2.45, 2.75) is 0 Å². The third-order valence-electron chi connectivity index (χ3n) is 6.13. The number of aliphatic imine (C=N–C) groups is 2. The van der Waals surface area contributed by atoms with E-state index in [1.807, 2.05) is 72.8 Å². The molecule has 5 aromatic carbocycles. The molecule has 0 bridgehead atoms. The minimum atomic E-state index is -0.429. The predicted molar refractivity (Wildman–Crippen MR) is 167 cm³/mol. The molecule has 5 rings (SSSR count). The lowest BCUT2D eigenvalue weighted by Gasteiger charge is -2.10. The summed E-state index contributed by atoms with van der Waals surface area (Å²) >= 11 is 0. The second-order valence-electron chi connectivity index (χ2n) is 9.13. The van der Waals surface area contributed by atoms with Gasteiger partial charge in [-0.05, 0) is 108 Å². The van der Waals surface area contributed by atoms with Gasteiger partial charge in [0.15, 0.2) is 0 Å². The molecule has 0 aliphatic carbocycles. The minimum Gasteiger partial charge on any atom is -0.356 e.